The van der Waals surface area contributed by atoms with E-state index < -0.39 is 5.60 Å². The monoisotopic (exact) mass is 339 g/mol. The molecule has 1 aliphatic heterocycles. The van der Waals surface area contributed by atoms with E-state index in [0.717, 1.165) is 11.3 Å². The van der Waals surface area contributed by atoms with Crippen LogP contribution >= 0.6 is 0 Å². The van der Waals surface area contributed by atoms with Crippen LogP contribution in [0.15, 0.2) is 0 Å². The Hall–Kier alpha value is -2.25. The lowest BCUT2D eigenvalue weighted by atomic mass is 10.1. The topological polar surface area (TPSA) is 82.9 Å². The maximum atomic E-state index is 12.3. The first-order chi connectivity index (χ1) is 11.2. The number of rotatable bonds is 4. The Labute approximate surface area is 141 Å². The fourth-order valence-corrected chi connectivity index (χ4v) is 2.55. The van der Waals surface area contributed by atoms with E-state index in [4.69, 9.17) is 14.2 Å². The first kappa shape index (κ1) is 18.1. The van der Waals surface area contributed by atoms with E-state index in [1.807, 2.05) is 20.8 Å². The van der Waals surface area contributed by atoms with Gasteiger partial charge in [0.1, 0.15) is 12.1 Å². The molecule has 1 aromatic heterocycles. The molecule has 2 rings (SSSR count). The van der Waals surface area contributed by atoms with Gasteiger partial charge < -0.3 is 19.1 Å². The van der Waals surface area contributed by atoms with Crippen molar-refractivity contribution in [3.63, 3.8) is 0 Å². The zero-order chi connectivity index (χ0) is 17.9. The maximum Gasteiger partial charge on any atom is 0.410 e. The Bertz CT molecular complexity index is 618. The zero-order valence-corrected chi connectivity index (χ0v) is 14.9. The lowest BCUT2D eigenvalue weighted by Gasteiger charge is -2.29. The van der Waals surface area contributed by atoms with Crippen molar-refractivity contribution in [3.8, 4) is 5.88 Å². The summed E-state index contributed by atoms with van der Waals surface area (Å²) in [6, 6.07) is 0. The molecule has 24 heavy (non-hydrogen) atoms. The summed E-state index contributed by atoms with van der Waals surface area (Å²) in [6.07, 6.45) is 0.217. The van der Waals surface area contributed by atoms with Crippen molar-refractivity contribution in [2.24, 2.45) is 0 Å². The molecule has 2 heterocycles. The number of amides is 1. The van der Waals surface area contributed by atoms with Crippen molar-refractivity contribution >= 4 is 12.1 Å². The van der Waals surface area contributed by atoms with Gasteiger partial charge >= 0.3 is 12.1 Å². The van der Waals surface area contributed by atoms with Gasteiger partial charge in [0.25, 0.3) is 0 Å². The summed E-state index contributed by atoms with van der Waals surface area (Å²) < 4.78 is 17.3. The van der Waals surface area contributed by atoms with Crippen LogP contribution < -0.4 is 4.74 Å². The van der Waals surface area contributed by atoms with Crippen LogP contribution in [0.5, 0.6) is 5.88 Å². The maximum absolute atomic E-state index is 12.3. The number of methoxy groups -OCH3 is 1. The molecule has 8 heteroatoms. The molecule has 0 saturated carbocycles. The third kappa shape index (κ3) is 4.18. The minimum Gasteiger partial charge on any atom is -0.481 e. The van der Waals surface area contributed by atoms with Crippen LogP contribution in [0, 0.1) is 0 Å². The van der Waals surface area contributed by atoms with Crippen LogP contribution in [0.1, 0.15) is 39.0 Å². The molecule has 0 aliphatic carbocycles. The van der Waals surface area contributed by atoms with Gasteiger partial charge in [0.15, 0.2) is 0 Å². The Morgan fingerprint density at radius 1 is 1.29 bits per heavy atom. The second-order valence-corrected chi connectivity index (χ2v) is 6.55. The summed E-state index contributed by atoms with van der Waals surface area (Å²) in [6.45, 7) is 8.40. The molecule has 0 atom stereocenters. The van der Waals surface area contributed by atoms with E-state index in [2.05, 4.69) is 5.10 Å². The minimum atomic E-state index is -0.546. The van der Waals surface area contributed by atoms with Crippen LogP contribution in [0.3, 0.4) is 0 Å². The molecule has 0 unspecified atom stereocenters. The molecule has 8 nitrogen and oxygen atoms in total. The Balaban J connectivity index is 2.17. The second-order valence-electron chi connectivity index (χ2n) is 6.55. The van der Waals surface area contributed by atoms with E-state index in [1.165, 1.54) is 11.8 Å². The standard InChI is InChI=1S/C16H25N3O5/c1-6-23-13(20)10-19-14(22-5)11-9-18(8-7-12(11)17-19)15(21)24-16(2,3)4/h6-10H2,1-5H3. The first-order valence-electron chi connectivity index (χ1n) is 8.01. The van der Waals surface area contributed by atoms with Crippen molar-refractivity contribution in [3.05, 3.63) is 11.3 Å². The number of esters is 1. The summed E-state index contributed by atoms with van der Waals surface area (Å²) in [5, 5.41) is 4.42. The van der Waals surface area contributed by atoms with Crippen LogP contribution in [0.25, 0.3) is 0 Å². The van der Waals surface area contributed by atoms with Gasteiger partial charge in [-0.3, -0.25) is 4.79 Å². The lowest BCUT2D eigenvalue weighted by molar-refractivity contribution is -0.144. The molecule has 0 bridgehead atoms. The number of carbonyl (C=O) groups excluding carboxylic acids is 2. The van der Waals surface area contributed by atoms with Crippen LogP contribution in [-0.4, -0.2) is 52.6 Å². The number of ether oxygens (including phenoxy) is 3. The van der Waals surface area contributed by atoms with E-state index in [-0.39, 0.29) is 18.6 Å². The normalized spacial score (nSPS) is 14.1. The first-order valence-corrected chi connectivity index (χ1v) is 8.01. The van der Waals surface area contributed by atoms with Crippen LogP contribution in [0.4, 0.5) is 4.79 Å². The molecule has 0 aromatic carbocycles. The summed E-state index contributed by atoms with van der Waals surface area (Å²) >= 11 is 0. The number of aromatic nitrogens is 2. The fraction of sp³-hybridized carbons (Fsp3) is 0.688. The Morgan fingerprint density at radius 3 is 2.58 bits per heavy atom. The van der Waals surface area contributed by atoms with Gasteiger partial charge in [-0.2, -0.15) is 5.10 Å². The lowest BCUT2D eigenvalue weighted by Crippen LogP contribution is -2.39. The van der Waals surface area contributed by atoms with Crippen molar-refractivity contribution in [2.45, 2.75) is 52.8 Å². The molecule has 1 aromatic rings. The Kier molecular flexibility index (Phi) is 5.36. The van der Waals surface area contributed by atoms with Crippen LogP contribution in [0.2, 0.25) is 0 Å². The second kappa shape index (κ2) is 7.11. The molecule has 134 valence electrons. The van der Waals surface area contributed by atoms with E-state index in [1.54, 1.807) is 11.8 Å². The fourth-order valence-electron chi connectivity index (χ4n) is 2.55. The minimum absolute atomic E-state index is 0.0174. The van der Waals surface area contributed by atoms with Crippen molar-refractivity contribution < 1.29 is 23.8 Å². The quantitative estimate of drug-likeness (QED) is 0.777. The SMILES string of the molecule is CCOC(=O)Cn1nc2c(c1OC)CN(C(=O)OC(C)(C)C)CC2. The summed E-state index contributed by atoms with van der Waals surface area (Å²) in [7, 11) is 1.52. The van der Waals surface area contributed by atoms with E-state index >= 15 is 0 Å². The Morgan fingerprint density at radius 2 is 2.00 bits per heavy atom. The molecular weight excluding hydrogens is 314 g/mol. The highest BCUT2D eigenvalue weighted by Gasteiger charge is 2.31. The number of fused-ring (bicyclic) bond motifs is 1. The summed E-state index contributed by atoms with van der Waals surface area (Å²) in [4.78, 5) is 25.6. The molecule has 1 amide bonds. The molecule has 0 fully saturated rings. The smallest absolute Gasteiger partial charge is 0.410 e. The van der Waals surface area contributed by atoms with Crippen molar-refractivity contribution in [1.29, 1.82) is 0 Å². The van der Waals surface area contributed by atoms with Gasteiger partial charge in [0, 0.05) is 13.0 Å². The third-order valence-corrected chi connectivity index (χ3v) is 3.48. The average Bonchev–Trinajstić information content (AvgIpc) is 2.81. The molecule has 0 spiro atoms. The number of hydrogen-bond acceptors (Lipinski definition) is 6. The number of nitrogens with zero attached hydrogens (tertiary/aromatic N) is 3. The molecule has 0 saturated heterocycles. The highest BCUT2D eigenvalue weighted by atomic mass is 16.6. The molecular formula is C16H25N3O5. The summed E-state index contributed by atoms with van der Waals surface area (Å²) in [5.74, 6) is 0.103. The van der Waals surface area contributed by atoms with E-state index in [0.29, 0.717) is 32.0 Å². The highest BCUT2D eigenvalue weighted by Crippen LogP contribution is 2.29. The van der Waals surface area contributed by atoms with Gasteiger partial charge in [-0.1, -0.05) is 0 Å². The van der Waals surface area contributed by atoms with E-state index in [9.17, 15) is 9.59 Å². The van der Waals surface area contributed by atoms with Crippen molar-refractivity contribution in [1.82, 2.24) is 14.7 Å². The average molecular weight is 339 g/mol. The largest absolute Gasteiger partial charge is 0.481 e. The van der Waals surface area contributed by atoms with Gasteiger partial charge in [-0.25, -0.2) is 9.48 Å². The van der Waals surface area contributed by atoms with Gasteiger partial charge in [-0.05, 0) is 27.7 Å². The van der Waals surface area contributed by atoms with Crippen molar-refractivity contribution in [2.75, 3.05) is 20.3 Å². The highest BCUT2D eigenvalue weighted by molar-refractivity contribution is 5.70. The van der Waals surface area contributed by atoms with Gasteiger partial charge in [0.05, 0.1) is 31.5 Å². The molecule has 1 aliphatic rings. The molecule has 0 N–H and O–H groups in total. The predicted octanol–water partition coefficient (Wildman–Crippen LogP) is 1.75. The zero-order valence-electron chi connectivity index (χ0n) is 14.9. The molecule has 0 radical (unpaired) electrons. The third-order valence-electron chi connectivity index (χ3n) is 3.48. The van der Waals surface area contributed by atoms with Gasteiger partial charge in [-0.15, -0.1) is 0 Å². The number of hydrogen-bond donors (Lipinski definition) is 0. The van der Waals surface area contributed by atoms with Crippen LogP contribution in [-0.2, 0) is 33.8 Å². The van der Waals surface area contributed by atoms with Gasteiger partial charge in [0.2, 0.25) is 5.88 Å². The number of carbonyl (C=O) groups is 2. The summed E-state index contributed by atoms with van der Waals surface area (Å²) in [5.41, 5.74) is 1.09. The predicted molar refractivity (Wildman–Crippen MR) is 85.8 cm³/mol.